The van der Waals surface area contributed by atoms with Gasteiger partial charge in [-0.15, -0.1) is 0 Å². The zero-order valence-electron chi connectivity index (χ0n) is 16.9. The van der Waals surface area contributed by atoms with Crippen molar-refractivity contribution in [1.82, 2.24) is 4.90 Å². The Morgan fingerprint density at radius 3 is 2.39 bits per heavy atom. The molecule has 10 nitrogen and oxygen atoms in total. The summed E-state index contributed by atoms with van der Waals surface area (Å²) in [6.45, 7) is -0.662. The molecule has 31 heavy (non-hydrogen) atoms. The molecule has 1 heterocycles. The first kappa shape index (κ1) is 21.0. The van der Waals surface area contributed by atoms with Crippen molar-refractivity contribution in [2.75, 3.05) is 20.3 Å². The Labute approximate surface area is 177 Å². The molecule has 2 saturated carbocycles. The minimum Gasteiger partial charge on any atom is -0.490 e. The molecule has 0 radical (unpaired) electrons. The van der Waals surface area contributed by atoms with Gasteiger partial charge in [-0.1, -0.05) is 0 Å². The maximum atomic E-state index is 12.6. The Morgan fingerprint density at radius 2 is 1.81 bits per heavy atom. The van der Waals surface area contributed by atoms with Crippen molar-refractivity contribution in [3.63, 3.8) is 0 Å². The molecule has 2 amide bonds. The number of fused-ring (bicyclic) bond motifs is 5. The Kier molecular flexibility index (Phi) is 5.47. The second-order valence-electron chi connectivity index (χ2n) is 8.19. The van der Waals surface area contributed by atoms with Crippen LogP contribution >= 0.6 is 0 Å². The van der Waals surface area contributed by atoms with E-state index in [0.29, 0.717) is 0 Å². The number of carbonyl (C=O) groups is 4. The molecule has 0 aromatic heterocycles. The van der Waals surface area contributed by atoms with E-state index in [9.17, 15) is 29.3 Å². The van der Waals surface area contributed by atoms with E-state index in [4.69, 9.17) is 9.47 Å². The number of amides is 2. The second kappa shape index (κ2) is 8.09. The molecule has 1 aliphatic heterocycles. The minimum atomic E-state index is -0.725. The van der Waals surface area contributed by atoms with Gasteiger partial charge in [0.1, 0.15) is 0 Å². The van der Waals surface area contributed by atoms with E-state index in [1.807, 2.05) is 0 Å². The number of imide groups is 1. The molecule has 3 fully saturated rings. The number of likely N-dealkylation sites (tertiary alicyclic amines) is 1. The van der Waals surface area contributed by atoms with Crippen LogP contribution in [0, 0.1) is 33.8 Å². The van der Waals surface area contributed by atoms with Gasteiger partial charge >= 0.3 is 11.7 Å². The van der Waals surface area contributed by atoms with Crippen LogP contribution in [0.25, 0.3) is 0 Å². The Balaban J connectivity index is 1.30. The van der Waals surface area contributed by atoms with E-state index in [1.165, 1.54) is 19.2 Å². The number of nitro groups is 1. The predicted molar refractivity (Wildman–Crippen MR) is 104 cm³/mol. The molecule has 4 atom stereocenters. The number of methoxy groups -OCH3 is 1. The predicted octanol–water partition coefficient (Wildman–Crippen LogP) is 1.75. The molecule has 3 aliphatic rings. The van der Waals surface area contributed by atoms with Crippen LogP contribution in [-0.4, -0.2) is 53.7 Å². The number of hydrogen-bond acceptors (Lipinski definition) is 8. The van der Waals surface area contributed by atoms with Crippen LogP contribution in [0.4, 0.5) is 5.69 Å². The maximum absolute atomic E-state index is 12.6. The SMILES string of the molecule is COc1ccc(C(=O)COC(=O)CCN2C(=O)[C@@H]3[C@H]4CC[C@@H](C4)[C@@H]3C2=O)cc1[N+](=O)[O-]. The first-order valence-electron chi connectivity index (χ1n) is 10.2. The van der Waals surface area contributed by atoms with Gasteiger partial charge in [-0.05, 0) is 43.2 Å². The first-order chi connectivity index (χ1) is 14.8. The summed E-state index contributed by atoms with van der Waals surface area (Å²) in [4.78, 5) is 61.1. The molecular formula is C21H22N2O8. The van der Waals surface area contributed by atoms with Crippen LogP contribution in [0.3, 0.4) is 0 Å². The average Bonchev–Trinajstić information content (AvgIpc) is 3.44. The molecule has 1 saturated heterocycles. The molecule has 2 aliphatic carbocycles. The zero-order chi connectivity index (χ0) is 22.3. The molecule has 1 aromatic rings. The number of esters is 1. The summed E-state index contributed by atoms with van der Waals surface area (Å²) in [7, 11) is 1.28. The van der Waals surface area contributed by atoms with Gasteiger partial charge in [0.05, 0.1) is 30.3 Å². The van der Waals surface area contributed by atoms with Gasteiger partial charge in [0.25, 0.3) is 0 Å². The quantitative estimate of drug-likeness (QED) is 0.200. The van der Waals surface area contributed by atoms with Crippen molar-refractivity contribution in [1.29, 1.82) is 0 Å². The fourth-order valence-electron chi connectivity index (χ4n) is 5.20. The number of benzene rings is 1. The van der Waals surface area contributed by atoms with Gasteiger partial charge in [0.15, 0.2) is 12.4 Å². The van der Waals surface area contributed by atoms with E-state index >= 15 is 0 Å². The van der Waals surface area contributed by atoms with Crippen LogP contribution in [0.2, 0.25) is 0 Å². The largest absolute Gasteiger partial charge is 0.490 e. The van der Waals surface area contributed by atoms with Crippen molar-refractivity contribution < 1.29 is 33.6 Å². The Hall–Kier alpha value is -3.30. The van der Waals surface area contributed by atoms with Gasteiger partial charge < -0.3 is 9.47 Å². The van der Waals surface area contributed by atoms with Gasteiger partial charge in [0.2, 0.25) is 17.6 Å². The third-order valence-corrected chi connectivity index (χ3v) is 6.62. The third-order valence-electron chi connectivity index (χ3n) is 6.62. The molecule has 10 heteroatoms. The topological polar surface area (TPSA) is 133 Å². The number of carbonyl (C=O) groups excluding carboxylic acids is 4. The molecule has 1 aromatic carbocycles. The summed E-state index contributed by atoms with van der Waals surface area (Å²) >= 11 is 0. The van der Waals surface area contributed by atoms with Crippen molar-refractivity contribution in [3.05, 3.63) is 33.9 Å². The summed E-state index contributed by atoms with van der Waals surface area (Å²) in [5.41, 5.74) is -0.362. The number of rotatable bonds is 8. The van der Waals surface area contributed by atoms with Crippen LogP contribution in [0.1, 0.15) is 36.0 Å². The van der Waals surface area contributed by atoms with Gasteiger partial charge in [-0.3, -0.25) is 34.2 Å². The summed E-state index contributed by atoms with van der Waals surface area (Å²) < 4.78 is 9.84. The van der Waals surface area contributed by atoms with E-state index in [0.717, 1.165) is 30.2 Å². The lowest BCUT2D eigenvalue weighted by molar-refractivity contribution is -0.385. The number of Topliss-reactive ketones (excluding diaryl/α,β-unsaturated/α-hetero) is 1. The first-order valence-corrected chi connectivity index (χ1v) is 10.2. The Morgan fingerprint density at radius 1 is 1.16 bits per heavy atom. The Bertz CT molecular complexity index is 946. The van der Waals surface area contributed by atoms with E-state index in [1.54, 1.807) is 0 Å². The molecule has 4 rings (SSSR count). The van der Waals surface area contributed by atoms with Crippen LogP contribution in [-0.2, 0) is 19.1 Å². The van der Waals surface area contributed by atoms with E-state index in [-0.39, 0.29) is 65.5 Å². The van der Waals surface area contributed by atoms with Gasteiger partial charge in [-0.2, -0.15) is 0 Å². The maximum Gasteiger partial charge on any atom is 0.311 e. The average molecular weight is 430 g/mol. The number of nitro benzene ring substituents is 1. The van der Waals surface area contributed by atoms with Crippen LogP contribution < -0.4 is 4.74 Å². The molecule has 164 valence electrons. The number of ketones is 1. The molecule has 0 spiro atoms. The number of hydrogen-bond donors (Lipinski definition) is 0. The zero-order valence-corrected chi connectivity index (χ0v) is 16.9. The lowest BCUT2D eigenvalue weighted by Gasteiger charge is -2.19. The van der Waals surface area contributed by atoms with Crippen molar-refractivity contribution in [2.24, 2.45) is 23.7 Å². The van der Waals surface area contributed by atoms with Crippen molar-refractivity contribution >= 4 is 29.3 Å². The second-order valence-corrected chi connectivity index (χ2v) is 8.19. The summed E-state index contributed by atoms with van der Waals surface area (Å²) in [5.74, 6) is -1.66. The molecule has 2 bridgehead atoms. The fraction of sp³-hybridized carbons (Fsp3) is 0.524. The summed E-state index contributed by atoms with van der Waals surface area (Å²) in [5, 5.41) is 11.1. The lowest BCUT2D eigenvalue weighted by Crippen LogP contribution is -2.35. The monoisotopic (exact) mass is 430 g/mol. The van der Waals surface area contributed by atoms with Crippen LogP contribution in [0.5, 0.6) is 5.75 Å². The lowest BCUT2D eigenvalue weighted by atomic mass is 9.81. The highest BCUT2D eigenvalue weighted by molar-refractivity contribution is 6.06. The van der Waals surface area contributed by atoms with Crippen LogP contribution in [0.15, 0.2) is 18.2 Å². The van der Waals surface area contributed by atoms with E-state index < -0.39 is 23.3 Å². The van der Waals surface area contributed by atoms with Gasteiger partial charge in [-0.25, -0.2) is 0 Å². The highest BCUT2D eigenvalue weighted by atomic mass is 16.6. The number of ether oxygens (including phenoxy) is 2. The third kappa shape index (κ3) is 3.66. The van der Waals surface area contributed by atoms with Crippen molar-refractivity contribution in [3.8, 4) is 5.75 Å². The smallest absolute Gasteiger partial charge is 0.311 e. The fourth-order valence-corrected chi connectivity index (χ4v) is 5.20. The van der Waals surface area contributed by atoms with Gasteiger partial charge in [0, 0.05) is 18.2 Å². The summed E-state index contributed by atoms with van der Waals surface area (Å²) in [6.07, 6.45) is 2.69. The number of nitrogens with zero attached hydrogens (tertiary/aromatic N) is 2. The highest BCUT2D eigenvalue weighted by Gasteiger charge is 2.60. The normalized spacial score (nSPS) is 26.2. The molecule has 0 unspecified atom stereocenters. The minimum absolute atomic E-state index is 0.00787. The van der Waals surface area contributed by atoms with Crippen molar-refractivity contribution in [2.45, 2.75) is 25.7 Å². The standard InChI is InChI=1S/C21H22N2O8/c1-30-16-5-4-11(9-14(16)23(28)29)15(24)10-31-17(25)6-7-22-20(26)18-12-2-3-13(8-12)19(18)21(22)27/h4-5,9,12-13,18-19H,2-3,6-8,10H2,1H3/t12-,13-,18-,19+/m0/s1. The molecular weight excluding hydrogens is 408 g/mol. The van der Waals surface area contributed by atoms with E-state index in [2.05, 4.69) is 0 Å². The molecule has 0 N–H and O–H groups in total. The summed E-state index contributed by atoms with van der Waals surface area (Å²) in [6, 6.07) is 3.70. The highest BCUT2D eigenvalue weighted by Crippen LogP contribution is 2.56.